The molecule has 2 fully saturated rings. The highest BCUT2D eigenvalue weighted by Crippen LogP contribution is 2.26. The van der Waals surface area contributed by atoms with Gasteiger partial charge in [-0.25, -0.2) is 4.98 Å². The van der Waals surface area contributed by atoms with E-state index in [1.54, 1.807) is 6.21 Å². The van der Waals surface area contributed by atoms with Gasteiger partial charge in [0.1, 0.15) is 11.0 Å². The maximum absolute atomic E-state index is 6.26. The number of nitrogens with zero attached hydrogens (tertiary/aromatic N) is 4. The number of hydrogen-bond donors (Lipinski definition) is 3. The molecule has 9 heteroatoms. The van der Waals surface area contributed by atoms with Crippen LogP contribution >= 0.6 is 23.8 Å². The largest absolute Gasteiger partial charge is 0.368 e. The van der Waals surface area contributed by atoms with E-state index in [4.69, 9.17) is 29.6 Å². The summed E-state index contributed by atoms with van der Waals surface area (Å²) in [6.07, 6.45) is 10.0. The van der Waals surface area contributed by atoms with Crippen LogP contribution in [0.5, 0.6) is 0 Å². The third-order valence-corrected chi connectivity index (χ3v) is 5.10. The molecule has 0 spiro atoms. The van der Waals surface area contributed by atoms with E-state index >= 15 is 0 Å². The van der Waals surface area contributed by atoms with E-state index < -0.39 is 0 Å². The summed E-state index contributed by atoms with van der Waals surface area (Å²) in [5, 5.41) is 8.35. The zero-order chi connectivity index (χ0) is 17.6. The first-order valence-corrected chi connectivity index (χ1v) is 9.59. The predicted octanol–water partition coefficient (Wildman–Crippen LogP) is 2.44. The van der Waals surface area contributed by atoms with E-state index in [0.29, 0.717) is 21.9 Å². The second kappa shape index (κ2) is 8.62. The number of thiocarbonyl (C=S) groups is 1. The highest BCUT2D eigenvalue weighted by Gasteiger charge is 2.20. The zero-order valence-electron chi connectivity index (χ0n) is 14.2. The van der Waals surface area contributed by atoms with Gasteiger partial charge in [-0.3, -0.25) is 5.43 Å². The van der Waals surface area contributed by atoms with Crippen molar-refractivity contribution in [2.45, 2.75) is 51.0 Å². The lowest BCUT2D eigenvalue weighted by Gasteiger charge is -2.23. The fraction of sp³-hybridized carbons (Fsp3) is 0.625. The van der Waals surface area contributed by atoms with Crippen LogP contribution in [0.25, 0.3) is 0 Å². The molecule has 1 aliphatic heterocycles. The monoisotopic (exact) mass is 381 g/mol. The molecule has 7 nitrogen and oxygen atoms in total. The van der Waals surface area contributed by atoms with E-state index in [1.807, 2.05) is 0 Å². The molecule has 1 aliphatic carbocycles. The maximum atomic E-state index is 6.26. The summed E-state index contributed by atoms with van der Waals surface area (Å²) >= 11 is 11.6. The molecule has 1 aromatic heterocycles. The van der Waals surface area contributed by atoms with E-state index in [2.05, 4.69) is 30.7 Å². The van der Waals surface area contributed by atoms with Crippen molar-refractivity contribution in [3.8, 4) is 0 Å². The van der Waals surface area contributed by atoms with Crippen molar-refractivity contribution < 1.29 is 0 Å². The summed E-state index contributed by atoms with van der Waals surface area (Å²) in [4.78, 5) is 10.5. The fourth-order valence-electron chi connectivity index (χ4n) is 3.35. The van der Waals surface area contributed by atoms with E-state index in [-0.39, 0.29) is 5.95 Å². The van der Waals surface area contributed by atoms with Crippen molar-refractivity contribution in [3.05, 3.63) is 10.7 Å². The van der Waals surface area contributed by atoms with Crippen LogP contribution in [-0.4, -0.2) is 40.4 Å². The number of nitrogens with one attached hydrogen (secondary N) is 2. The van der Waals surface area contributed by atoms with Gasteiger partial charge in [-0.2, -0.15) is 10.1 Å². The molecule has 1 saturated heterocycles. The Kier molecular flexibility index (Phi) is 6.25. The number of hydrazone groups is 1. The number of halogens is 1. The van der Waals surface area contributed by atoms with Gasteiger partial charge in [0.25, 0.3) is 0 Å². The molecule has 0 unspecified atom stereocenters. The van der Waals surface area contributed by atoms with Crippen molar-refractivity contribution in [1.82, 2.24) is 20.7 Å². The normalized spacial score (nSPS) is 18.7. The molecule has 2 aliphatic rings. The third-order valence-electron chi connectivity index (χ3n) is 4.60. The van der Waals surface area contributed by atoms with E-state index in [1.165, 1.54) is 19.3 Å². The molecule has 1 saturated carbocycles. The van der Waals surface area contributed by atoms with E-state index in [9.17, 15) is 0 Å². The molecule has 136 valence electrons. The van der Waals surface area contributed by atoms with Crippen LogP contribution in [0.15, 0.2) is 5.10 Å². The molecule has 0 aromatic carbocycles. The molecule has 0 bridgehead atoms. The Bertz CT molecular complexity index is 640. The van der Waals surface area contributed by atoms with Gasteiger partial charge in [-0.1, -0.05) is 30.9 Å². The highest BCUT2D eigenvalue weighted by atomic mass is 35.5. The van der Waals surface area contributed by atoms with Crippen LogP contribution < -0.4 is 21.4 Å². The zero-order valence-corrected chi connectivity index (χ0v) is 15.7. The van der Waals surface area contributed by atoms with Gasteiger partial charge in [0.05, 0.1) is 11.8 Å². The van der Waals surface area contributed by atoms with Crippen LogP contribution in [0.2, 0.25) is 5.15 Å². The van der Waals surface area contributed by atoms with Crippen molar-refractivity contribution >= 4 is 46.9 Å². The van der Waals surface area contributed by atoms with Crippen LogP contribution in [0.4, 0.5) is 11.8 Å². The minimum Gasteiger partial charge on any atom is -0.368 e. The Morgan fingerprint density at radius 2 is 1.92 bits per heavy atom. The van der Waals surface area contributed by atoms with Gasteiger partial charge in [-0.05, 0) is 37.9 Å². The molecular weight excluding hydrogens is 358 g/mol. The maximum Gasteiger partial charge on any atom is 0.223 e. The number of hydrogen-bond acceptors (Lipinski definition) is 6. The Morgan fingerprint density at radius 3 is 2.64 bits per heavy atom. The van der Waals surface area contributed by atoms with E-state index in [0.717, 1.165) is 44.6 Å². The van der Waals surface area contributed by atoms with Crippen LogP contribution in [0.1, 0.15) is 50.5 Å². The summed E-state index contributed by atoms with van der Waals surface area (Å²) in [5.41, 5.74) is 9.27. The molecule has 4 N–H and O–H groups in total. The van der Waals surface area contributed by atoms with Crippen LogP contribution in [-0.2, 0) is 0 Å². The minimum absolute atomic E-state index is 0.173. The summed E-state index contributed by atoms with van der Waals surface area (Å²) in [5.74, 6) is 0.901. The Labute approximate surface area is 158 Å². The lowest BCUT2D eigenvalue weighted by Crippen LogP contribution is -2.40. The lowest BCUT2D eigenvalue weighted by atomic mass is 9.96. The minimum atomic E-state index is 0.173. The third kappa shape index (κ3) is 4.92. The number of aromatic nitrogens is 2. The quantitative estimate of drug-likeness (QED) is 0.319. The first-order valence-electron chi connectivity index (χ1n) is 8.81. The highest BCUT2D eigenvalue weighted by molar-refractivity contribution is 7.80. The topological polar surface area (TPSA) is 91.5 Å². The smallest absolute Gasteiger partial charge is 0.223 e. The number of anilines is 2. The predicted molar refractivity (Wildman–Crippen MR) is 106 cm³/mol. The SMILES string of the molecule is Nc1nc(Cl)c(/C=N/NC(=S)NC2CCCCC2)c(N2CCCC2)n1. The molecule has 0 atom stereocenters. The standard InChI is InChI=1S/C16H24ClN7S/c17-13-12(14(22-15(18)21-13)24-8-4-5-9-24)10-19-23-16(25)20-11-6-2-1-3-7-11/h10-11H,1-9H2,(H2,18,21,22)(H2,20,23,25)/b19-10+. The fourth-order valence-corrected chi connectivity index (χ4v) is 3.79. The number of nitrogen functional groups attached to an aromatic ring is 1. The van der Waals surface area contributed by atoms with Gasteiger partial charge in [0, 0.05) is 19.1 Å². The van der Waals surface area contributed by atoms with Gasteiger partial charge >= 0.3 is 0 Å². The Hall–Kier alpha value is -1.67. The summed E-state index contributed by atoms with van der Waals surface area (Å²) in [7, 11) is 0. The Balaban J connectivity index is 1.64. The summed E-state index contributed by atoms with van der Waals surface area (Å²) in [6.45, 7) is 1.87. The van der Waals surface area contributed by atoms with Crippen molar-refractivity contribution in [2.75, 3.05) is 23.7 Å². The number of nitrogens with two attached hydrogens (primary N) is 1. The Morgan fingerprint density at radius 1 is 1.20 bits per heavy atom. The van der Waals surface area contributed by atoms with Crippen molar-refractivity contribution in [1.29, 1.82) is 0 Å². The molecule has 0 radical (unpaired) electrons. The first kappa shape index (κ1) is 18.1. The van der Waals surface area contributed by atoms with Gasteiger partial charge in [0.15, 0.2) is 5.11 Å². The average Bonchev–Trinajstić information content (AvgIpc) is 3.11. The van der Waals surface area contributed by atoms with Crippen LogP contribution in [0, 0.1) is 0 Å². The molecular formula is C16H24ClN7S. The second-order valence-electron chi connectivity index (χ2n) is 6.48. The molecule has 2 heterocycles. The summed E-state index contributed by atoms with van der Waals surface area (Å²) in [6, 6.07) is 0.438. The van der Waals surface area contributed by atoms with Gasteiger partial charge in [-0.15, -0.1) is 0 Å². The molecule has 25 heavy (non-hydrogen) atoms. The molecule has 3 rings (SSSR count). The molecule has 1 aromatic rings. The molecule has 0 amide bonds. The van der Waals surface area contributed by atoms with Crippen molar-refractivity contribution in [3.63, 3.8) is 0 Å². The van der Waals surface area contributed by atoms with Gasteiger partial charge < -0.3 is 16.0 Å². The van der Waals surface area contributed by atoms with Crippen molar-refractivity contribution in [2.24, 2.45) is 5.10 Å². The first-order chi connectivity index (χ1) is 12.1. The average molecular weight is 382 g/mol. The summed E-state index contributed by atoms with van der Waals surface area (Å²) < 4.78 is 0. The van der Waals surface area contributed by atoms with Crippen LogP contribution in [0.3, 0.4) is 0 Å². The number of rotatable bonds is 4. The lowest BCUT2D eigenvalue weighted by molar-refractivity contribution is 0.412. The van der Waals surface area contributed by atoms with Gasteiger partial charge in [0.2, 0.25) is 5.95 Å². The second-order valence-corrected chi connectivity index (χ2v) is 7.25.